The third-order valence-corrected chi connectivity index (χ3v) is 8.65. The van der Waals surface area contributed by atoms with Gasteiger partial charge in [0, 0.05) is 12.2 Å². The Labute approximate surface area is 157 Å². The van der Waals surface area contributed by atoms with Gasteiger partial charge in [-0.1, -0.05) is 55.4 Å². The Balaban J connectivity index is 3.85. The molecular formula is C20H46O2Si2. The van der Waals surface area contributed by atoms with E-state index < -0.39 is 0 Å². The third kappa shape index (κ3) is 13.6. The monoisotopic (exact) mass is 374 g/mol. The summed E-state index contributed by atoms with van der Waals surface area (Å²) in [5, 5.41) is 0. The van der Waals surface area contributed by atoms with Crippen LogP contribution in [0.15, 0.2) is 0 Å². The van der Waals surface area contributed by atoms with Crippen molar-refractivity contribution in [2.24, 2.45) is 23.7 Å². The zero-order chi connectivity index (χ0) is 18.5. The molecule has 0 amide bonds. The summed E-state index contributed by atoms with van der Waals surface area (Å²) in [6, 6.07) is 2.62. The van der Waals surface area contributed by atoms with Gasteiger partial charge in [0.1, 0.15) is 0 Å². The summed E-state index contributed by atoms with van der Waals surface area (Å²) >= 11 is 0. The van der Waals surface area contributed by atoms with Crippen LogP contribution >= 0.6 is 0 Å². The van der Waals surface area contributed by atoms with Crippen molar-refractivity contribution < 1.29 is 8.85 Å². The first-order valence-electron chi connectivity index (χ1n) is 10.5. The fourth-order valence-electron chi connectivity index (χ4n) is 2.89. The topological polar surface area (TPSA) is 18.5 Å². The quantitative estimate of drug-likeness (QED) is 0.298. The molecule has 2 atom stereocenters. The summed E-state index contributed by atoms with van der Waals surface area (Å²) in [5.74, 6) is 2.89. The van der Waals surface area contributed by atoms with Crippen LogP contribution in [-0.2, 0) is 8.85 Å². The zero-order valence-electron chi connectivity index (χ0n) is 17.9. The average Bonchev–Trinajstić information content (AvgIpc) is 2.47. The van der Waals surface area contributed by atoms with Crippen molar-refractivity contribution in [3.8, 4) is 0 Å². The molecule has 0 saturated heterocycles. The van der Waals surface area contributed by atoms with Gasteiger partial charge in [-0.25, -0.2) is 0 Å². The average molecular weight is 375 g/mol. The van der Waals surface area contributed by atoms with Crippen LogP contribution in [0.5, 0.6) is 0 Å². The summed E-state index contributed by atoms with van der Waals surface area (Å²) in [6.45, 7) is 18.4. The van der Waals surface area contributed by atoms with Crippen LogP contribution in [0.3, 0.4) is 0 Å². The first kappa shape index (κ1) is 24.4. The smallest absolute Gasteiger partial charge is 0.161 e. The molecule has 2 unspecified atom stereocenters. The Bertz CT molecular complexity index is 253. The van der Waals surface area contributed by atoms with Crippen molar-refractivity contribution in [2.45, 2.75) is 105 Å². The largest absolute Gasteiger partial charge is 0.421 e. The predicted molar refractivity (Wildman–Crippen MR) is 114 cm³/mol. The molecule has 0 aromatic heterocycles. The maximum Gasteiger partial charge on any atom is 0.161 e. The molecule has 2 nitrogen and oxygen atoms in total. The van der Waals surface area contributed by atoms with Gasteiger partial charge in [-0.15, -0.1) is 0 Å². The minimum Gasteiger partial charge on any atom is -0.421 e. The van der Waals surface area contributed by atoms with Crippen LogP contribution in [0, 0.1) is 23.7 Å². The lowest BCUT2D eigenvalue weighted by atomic mass is 9.98. The molecule has 0 spiro atoms. The lowest BCUT2D eigenvalue weighted by Crippen LogP contribution is -2.24. The Kier molecular flexibility index (Phi) is 14.7. The highest BCUT2D eigenvalue weighted by molar-refractivity contribution is 6.34. The van der Waals surface area contributed by atoms with E-state index in [4.69, 9.17) is 8.85 Å². The van der Waals surface area contributed by atoms with Gasteiger partial charge in [0.25, 0.3) is 0 Å². The third-order valence-electron chi connectivity index (χ3n) is 4.75. The van der Waals surface area contributed by atoms with Crippen molar-refractivity contribution in [1.29, 1.82) is 0 Å². The van der Waals surface area contributed by atoms with Gasteiger partial charge in [0.2, 0.25) is 0 Å². The minimum absolute atomic E-state index is 0.358. The fraction of sp³-hybridized carbons (Fsp3) is 1.00. The maximum absolute atomic E-state index is 6.29. The van der Waals surface area contributed by atoms with E-state index in [1.165, 1.54) is 37.8 Å². The second-order valence-corrected chi connectivity index (χ2v) is 11.9. The van der Waals surface area contributed by atoms with Crippen molar-refractivity contribution >= 4 is 19.5 Å². The number of hydrogen-bond acceptors (Lipinski definition) is 2. The second kappa shape index (κ2) is 14.5. The highest BCUT2D eigenvalue weighted by atomic mass is 28.2. The van der Waals surface area contributed by atoms with Gasteiger partial charge < -0.3 is 8.85 Å². The highest BCUT2D eigenvalue weighted by Crippen LogP contribution is 2.18. The summed E-state index contributed by atoms with van der Waals surface area (Å²) < 4.78 is 12.6. The van der Waals surface area contributed by atoms with Crippen LogP contribution in [0.2, 0.25) is 12.1 Å². The van der Waals surface area contributed by atoms with Gasteiger partial charge >= 0.3 is 0 Å². The molecule has 146 valence electrons. The Hall–Kier alpha value is 0.354. The molecule has 0 rings (SSSR count). The number of rotatable bonds is 15. The van der Waals surface area contributed by atoms with E-state index in [2.05, 4.69) is 55.4 Å². The standard InChI is InChI=1S/C20H46O2Si2/c1-15(2)9-11-19(17(5)6)21-23-13-14-24-22-20(18(7)8)12-10-16(3)4/h15-20H,9-14,23-24H2,1-8H3. The van der Waals surface area contributed by atoms with E-state index in [0.29, 0.717) is 24.0 Å². The van der Waals surface area contributed by atoms with E-state index in [1.54, 1.807) is 0 Å². The zero-order valence-corrected chi connectivity index (χ0v) is 20.8. The van der Waals surface area contributed by atoms with E-state index in [-0.39, 0.29) is 19.5 Å². The first-order valence-corrected chi connectivity index (χ1v) is 13.6. The maximum atomic E-state index is 6.29. The van der Waals surface area contributed by atoms with Crippen LogP contribution in [-0.4, -0.2) is 31.7 Å². The Morgan fingerprint density at radius 3 is 1.12 bits per heavy atom. The molecule has 0 heterocycles. The molecule has 0 saturated carbocycles. The summed E-state index contributed by atoms with van der Waals surface area (Å²) in [7, 11) is -0.715. The molecule has 0 bridgehead atoms. The van der Waals surface area contributed by atoms with Crippen LogP contribution < -0.4 is 0 Å². The van der Waals surface area contributed by atoms with E-state index >= 15 is 0 Å². The summed E-state index contributed by atoms with van der Waals surface area (Å²) in [4.78, 5) is 0. The van der Waals surface area contributed by atoms with Gasteiger partial charge in [-0.2, -0.15) is 0 Å². The molecule has 24 heavy (non-hydrogen) atoms. The van der Waals surface area contributed by atoms with Gasteiger partial charge in [0.05, 0.1) is 0 Å². The molecule has 0 aromatic carbocycles. The molecular weight excluding hydrogens is 328 g/mol. The van der Waals surface area contributed by atoms with Crippen LogP contribution in [0.1, 0.15) is 81.1 Å². The molecule has 0 aliphatic rings. The van der Waals surface area contributed by atoms with Gasteiger partial charge in [-0.3, -0.25) is 0 Å². The van der Waals surface area contributed by atoms with Crippen molar-refractivity contribution in [1.82, 2.24) is 0 Å². The normalized spacial score (nSPS) is 16.0. The molecule has 0 N–H and O–H groups in total. The molecule has 0 fully saturated rings. The SMILES string of the molecule is CC(C)CCC(O[SiH2]CC[SiH2]OC(CCC(C)C)C(C)C)C(C)C. The summed E-state index contributed by atoms with van der Waals surface area (Å²) in [6.07, 6.45) is 6.05. The molecule has 0 aromatic rings. The number of hydrogen-bond donors (Lipinski definition) is 0. The molecule has 0 radical (unpaired) electrons. The van der Waals surface area contributed by atoms with Crippen molar-refractivity contribution in [2.75, 3.05) is 0 Å². The van der Waals surface area contributed by atoms with E-state index in [1.807, 2.05) is 0 Å². The van der Waals surface area contributed by atoms with Crippen molar-refractivity contribution in [3.05, 3.63) is 0 Å². The minimum atomic E-state index is -0.358. The van der Waals surface area contributed by atoms with Gasteiger partial charge in [0.15, 0.2) is 19.5 Å². The molecule has 0 aliphatic carbocycles. The van der Waals surface area contributed by atoms with E-state index in [9.17, 15) is 0 Å². The second-order valence-electron chi connectivity index (χ2n) is 8.96. The van der Waals surface area contributed by atoms with Gasteiger partial charge in [-0.05, 0) is 61.4 Å². The molecule has 4 heteroatoms. The Morgan fingerprint density at radius 1 is 0.542 bits per heavy atom. The van der Waals surface area contributed by atoms with Crippen LogP contribution in [0.25, 0.3) is 0 Å². The van der Waals surface area contributed by atoms with E-state index in [0.717, 1.165) is 11.8 Å². The molecule has 0 aliphatic heterocycles. The first-order chi connectivity index (χ1) is 11.2. The highest BCUT2D eigenvalue weighted by Gasteiger charge is 2.15. The lowest BCUT2D eigenvalue weighted by Gasteiger charge is -2.24. The predicted octanol–water partition coefficient (Wildman–Crippen LogP) is 4.95. The fourth-order valence-corrected chi connectivity index (χ4v) is 6.56. The summed E-state index contributed by atoms with van der Waals surface area (Å²) in [5.41, 5.74) is 0. The van der Waals surface area contributed by atoms with Crippen molar-refractivity contribution in [3.63, 3.8) is 0 Å². The lowest BCUT2D eigenvalue weighted by molar-refractivity contribution is 0.138. The van der Waals surface area contributed by atoms with Crippen LogP contribution in [0.4, 0.5) is 0 Å². The Morgan fingerprint density at radius 2 is 0.875 bits per heavy atom.